The second-order valence-electron chi connectivity index (χ2n) is 6.13. The molecule has 0 bridgehead atoms. The molecule has 1 aliphatic rings. The molecule has 29 heavy (non-hydrogen) atoms. The summed E-state index contributed by atoms with van der Waals surface area (Å²) in [7, 11) is 0. The van der Waals surface area contributed by atoms with Gasteiger partial charge in [0.05, 0.1) is 26.1 Å². The fraction of sp³-hybridized carbons (Fsp3) is 0.600. The van der Waals surface area contributed by atoms with E-state index in [2.05, 4.69) is 9.88 Å². The highest BCUT2D eigenvalue weighted by molar-refractivity contribution is 5.88. The maximum Gasteiger partial charge on any atom is 0.342 e. The van der Waals surface area contributed by atoms with Gasteiger partial charge in [-0.1, -0.05) is 0 Å². The molecular weight excluding hydrogens is 396 g/mol. The zero-order valence-corrected chi connectivity index (χ0v) is 15.3. The second-order valence-corrected chi connectivity index (χ2v) is 6.13. The Hall–Kier alpha value is -3.10. The molecule has 1 fully saturated rings. The second kappa shape index (κ2) is 11.0. The van der Waals surface area contributed by atoms with Crippen molar-refractivity contribution in [3.05, 3.63) is 22.6 Å². The van der Waals surface area contributed by atoms with Gasteiger partial charge in [0.1, 0.15) is 12.7 Å². The van der Waals surface area contributed by atoms with E-state index in [1.165, 1.54) is 12.5 Å². The van der Waals surface area contributed by atoms with Crippen molar-refractivity contribution in [2.45, 2.75) is 25.0 Å². The molecule has 1 aliphatic heterocycles. The average molecular weight is 418 g/mol. The largest absolute Gasteiger partial charge is 0.481 e. The summed E-state index contributed by atoms with van der Waals surface area (Å²) < 4.78 is 6.79. The zero-order valence-electron chi connectivity index (χ0n) is 15.3. The van der Waals surface area contributed by atoms with Crippen LogP contribution in [-0.4, -0.2) is 96.2 Å². The van der Waals surface area contributed by atoms with Gasteiger partial charge < -0.3 is 35.3 Å². The van der Waals surface area contributed by atoms with E-state index in [9.17, 15) is 24.5 Å². The zero-order chi connectivity index (χ0) is 22.0. The summed E-state index contributed by atoms with van der Waals surface area (Å²) in [6, 6.07) is 0. The van der Waals surface area contributed by atoms with Crippen molar-refractivity contribution in [2.75, 3.05) is 32.8 Å². The number of aromatic nitrogens is 2. The number of aliphatic hydroxyl groups is 1. The Balaban J connectivity index is 0.000000298. The molecule has 0 aliphatic carbocycles. The molecule has 4 N–H and O–H groups in total. The van der Waals surface area contributed by atoms with Crippen LogP contribution in [0.25, 0.3) is 0 Å². The van der Waals surface area contributed by atoms with Gasteiger partial charge in [-0.25, -0.2) is 14.3 Å². The molecule has 0 aromatic carbocycles. The monoisotopic (exact) mass is 418 g/mol. The highest BCUT2D eigenvalue weighted by Gasteiger charge is 2.40. The number of carbonyl (C=O) groups is 3. The maximum atomic E-state index is 10.6. The summed E-state index contributed by atoms with van der Waals surface area (Å²) in [6.07, 6.45) is 0.487. The van der Waals surface area contributed by atoms with Crippen LogP contribution in [-0.2, 0) is 25.7 Å². The van der Waals surface area contributed by atoms with Crippen molar-refractivity contribution >= 4 is 23.7 Å². The number of ether oxygens (including phenoxy) is 1. The molecule has 2 heterocycles. The van der Waals surface area contributed by atoms with Crippen molar-refractivity contribution in [3.8, 4) is 0 Å². The summed E-state index contributed by atoms with van der Waals surface area (Å²) in [5, 5.41) is 44.5. The average Bonchev–Trinajstić information content (AvgIpc) is 3.09. The molecule has 0 saturated carbocycles. The van der Waals surface area contributed by atoms with E-state index >= 15 is 0 Å². The minimum absolute atomic E-state index is 0.0493. The van der Waals surface area contributed by atoms with Gasteiger partial charge in [-0.15, -0.1) is 0 Å². The minimum Gasteiger partial charge on any atom is -0.481 e. The van der Waals surface area contributed by atoms with E-state index in [1.807, 2.05) is 0 Å². The molecule has 0 unspecified atom stereocenters. The molecule has 1 aromatic rings. The number of hydrogen-bond donors (Lipinski definition) is 4. The van der Waals surface area contributed by atoms with Gasteiger partial charge in [0.2, 0.25) is 0 Å². The van der Waals surface area contributed by atoms with Gasteiger partial charge in [0.15, 0.2) is 11.9 Å². The van der Waals surface area contributed by atoms with E-state index in [0.29, 0.717) is 6.54 Å². The molecule has 0 amide bonds. The number of carboxylic acids is 3. The third-order valence-electron chi connectivity index (χ3n) is 3.92. The third-order valence-corrected chi connectivity index (χ3v) is 3.92. The number of imidazole rings is 1. The number of carboxylic acid groups (broad SMARTS) is 3. The van der Waals surface area contributed by atoms with E-state index in [4.69, 9.17) is 25.2 Å². The van der Waals surface area contributed by atoms with Crippen LogP contribution < -0.4 is 0 Å². The lowest BCUT2D eigenvalue weighted by Gasteiger charge is -2.25. The van der Waals surface area contributed by atoms with Crippen LogP contribution in [0.15, 0.2) is 12.5 Å². The standard InChI is InChI=1S/C9H14N4O3.C6H8O7/c14-13(15)9-7-10-8-12(9)2-1-11-3-5-16-6-4-11;7-3(8)1-6(13,5(11)12)2-4(9)10/h7-8H,1-6H2;13H,1-2H2,(H,7,8)(H,9,10)(H,11,12). The number of rotatable bonds is 9. The van der Waals surface area contributed by atoms with Crippen LogP contribution in [0.5, 0.6) is 0 Å². The topological polar surface area (TPSA) is 206 Å². The first-order chi connectivity index (χ1) is 13.5. The van der Waals surface area contributed by atoms with Gasteiger partial charge in [0.25, 0.3) is 0 Å². The van der Waals surface area contributed by atoms with Crippen LogP contribution in [0.2, 0.25) is 0 Å². The van der Waals surface area contributed by atoms with Crippen LogP contribution in [0.3, 0.4) is 0 Å². The van der Waals surface area contributed by atoms with E-state index in [-0.39, 0.29) is 5.82 Å². The normalized spacial score (nSPS) is 14.5. The Kier molecular flexibility index (Phi) is 9.11. The maximum absolute atomic E-state index is 10.6. The van der Waals surface area contributed by atoms with Crippen LogP contribution in [0.4, 0.5) is 5.82 Å². The van der Waals surface area contributed by atoms with Crippen molar-refractivity contribution in [1.82, 2.24) is 14.5 Å². The predicted octanol–water partition coefficient (Wildman–Crippen LogP) is -1.12. The molecule has 0 radical (unpaired) electrons. The molecule has 14 heteroatoms. The van der Waals surface area contributed by atoms with Crippen molar-refractivity contribution in [3.63, 3.8) is 0 Å². The summed E-state index contributed by atoms with van der Waals surface area (Å²) in [6.45, 7) is 4.65. The fourth-order valence-electron chi connectivity index (χ4n) is 2.43. The van der Waals surface area contributed by atoms with Gasteiger partial charge in [0, 0.05) is 19.6 Å². The fourth-order valence-corrected chi connectivity index (χ4v) is 2.43. The lowest BCUT2D eigenvalue weighted by atomic mass is 9.96. The Morgan fingerprint density at radius 3 is 2.14 bits per heavy atom. The molecule has 14 nitrogen and oxygen atoms in total. The molecule has 1 aromatic heterocycles. The van der Waals surface area contributed by atoms with E-state index in [1.54, 1.807) is 4.57 Å². The molecule has 162 valence electrons. The first-order valence-corrected chi connectivity index (χ1v) is 8.39. The summed E-state index contributed by atoms with van der Waals surface area (Å²) in [5.74, 6) is -4.97. The highest BCUT2D eigenvalue weighted by atomic mass is 16.6. The third kappa shape index (κ3) is 8.20. The lowest BCUT2D eigenvalue weighted by Crippen LogP contribution is -2.42. The van der Waals surface area contributed by atoms with Crippen LogP contribution >= 0.6 is 0 Å². The Morgan fingerprint density at radius 1 is 1.14 bits per heavy atom. The van der Waals surface area contributed by atoms with Gasteiger partial charge in [-0.3, -0.25) is 14.5 Å². The molecule has 2 rings (SSSR count). The first-order valence-electron chi connectivity index (χ1n) is 8.39. The summed E-state index contributed by atoms with van der Waals surface area (Å²) in [4.78, 5) is 46.7. The number of nitrogens with zero attached hydrogens (tertiary/aromatic N) is 4. The van der Waals surface area contributed by atoms with Crippen molar-refractivity contribution in [1.29, 1.82) is 0 Å². The van der Waals surface area contributed by atoms with Crippen LogP contribution in [0, 0.1) is 10.1 Å². The molecule has 0 atom stereocenters. The van der Waals surface area contributed by atoms with E-state index in [0.717, 1.165) is 32.8 Å². The van der Waals surface area contributed by atoms with Gasteiger partial charge >= 0.3 is 23.7 Å². The first kappa shape index (κ1) is 23.9. The lowest BCUT2D eigenvalue weighted by molar-refractivity contribution is -0.392. The van der Waals surface area contributed by atoms with Gasteiger partial charge in [-0.2, -0.15) is 0 Å². The summed E-state index contributed by atoms with van der Waals surface area (Å²) in [5.41, 5.74) is -2.74. The Labute approximate surface area is 164 Å². The highest BCUT2D eigenvalue weighted by Crippen LogP contribution is 2.15. The quantitative estimate of drug-likeness (QED) is 0.278. The smallest absolute Gasteiger partial charge is 0.342 e. The summed E-state index contributed by atoms with van der Waals surface area (Å²) >= 11 is 0. The van der Waals surface area contributed by atoms with Crippen LogP contribution in [0.1, 0.15) is 12.8 Å². The SMILES string of the molecule is O=C(O)CC(O)(CC(=O)O)C(=O)O.O=[N+]([O-])c1cncn1CCN1CCOCC1. The molecular formula is C15H22N4O10. The Morgan fingerprint density at radius 2 is 1.69 bits per heavy atom. The number of morpholine rings is 1. The number of hydrogen-bond acceptors (Lipinski definition) is 9. The molecule has 1 saturated heterocycles. The van der Waals surface area contributed by atoms with Gasteiger partial charge in [-0.05, 0) is 4.92 Å². The Bertz CT molecular complexity index is 712. The predicted molar refractivity (Wildman–Crippen MR) is 93.2 cm³/mol. The minimum atomic E-state index is -2.74. The van der Waals surface area contributed by atoms with Crippen molar-refractivity contribution < 1.29 is 44.5 Å². The number of nitro groups is 1. The molecule has 0 spiro atoms. The van der Waals surface area contributed by atoms with Crippen molar-refractivity contribution in [2.24, 2.45) is 0 Å². The van der Waals surface area contributed by atoms with E-state index < -0.39 is 41.3 Å². The number of aliphatic carboxylic acids is 3.